The van der Waals surface area contributed by atoms with E-state index in [4.69, 9.17) is 0 Å². The van der Waals surface area contributed by atoms with Gasteiger partial charge in [0, 0.05) is 4.88 Å². The molecule has 0 spiro atoms. The summed E-state index contributed by atoms with van der Waals surface area (Å²) in [6.07, 6.45) is 0. The lowest BCUT2D eigenvalue weighted by Gasteiger charge is -2.16. The van der Waals surface area contributed by atoms with Gasteiger partial charge in [-0.05, 0) is 47.1 Å². The van der Waals surface area contributed by atoms with Crippen molar-refractivity contribution in [1.29, 1.82) is 0 Å². The molecule has 0 saturated heterocycles. The van der Waals surface area contributed by atoms with Crippen LogP contribution in [0.2, 0.25) is 0 Å². The first-order valence-electron chi connectivity index (χ1n) is 6.27. The molecule has 6 heteroatoms. The molecule has 0 radical (unpaired) electrons. The topological polar surface area (TPSA) is 46.2 Å². The molecular formula is C14H16BrNO2S2. The predicted octanol–water partition coefficient (Wildman–Crippen LogP) is 4.48. The van der Waals surface area contributed by atoms with Crippen molar-refractivity contribution in [2.45, 2.75) is 24.8 Å². The van der Waals surface area contributed by atoms with Crippen molar-refractivity contribution < 1.29 is 8.42 Å². The van der Waals surface area contributed by atoms with Crippen molar-refractivity contribution >= 4 is 42.8 Å². The van der Waals surface area contributed by atoms with Crippen LogP contribution in [0.5, 0.6) is 0 Å². The maximum Gasteiger partial charge on any atom is 0.180 e. The van der Waals surface area contributed by atoms with Gasteiger partial charge in [-0.25, -0.2) is 8.42 Å². The summed E-state index contributed by atoms with van der Waals surface area (Å²) in [7, 11) is -3.22. The SMILES string of the molecule is CCS(=O)(=O)c1ccccc1NC(C)c1ccc(Br)s1. The summed E-state index contributed by atoms with van der Waals surface area (Å²) < 4.78 is 25.3. The van der Waals surface area contributed by atoms with Crippen LogP contribution in [0, 0.1) is 0 Å². The summed E-state index contributed by atoms with van der Waals surface area (Å²) in [6.45, 7) is 3.68. The molecule has 0 amide bonds. The number of rotatable bonds is 5. The summed E-state index contributed by atoms with van der Waals surface area (Å²) in [5, 5.41) is 3.29. The molecule has 2 aromatic rings. The van der Waals surface area contributed by atoms with Crippen molar-refractivity contribution in [3.8, 4) is 0 Å². The average molecular weight is 374 g/mol. The fraction of sp³-hybridized carbons (Fsp3) is 0.286. The fourth-order valence-corrected chi connectivity index (χ4v) is 4.36. The second kappa shape index (κ2) is 6.28. The van der Waals surface area contributed by atoms with Gasteiger partial charge in [-0.3, -0.25) is 0 Å². The third-order valence-corrected chi connectivity index (χ3v) is 6.59. The molecule has 2 rings (SSSR count). The van der Waals surface area contributed by atoms with Crippen LogP contribution in [0.15, 0.2) is 45.1 Å². The van der Waals surface area contributed by atoms with Gasteiger partial charge in [0.2, 0.25) is 0 Å². The zero-order valence-electron chi connectivity index (χ0n) is 11.3. The summed E-state index contributed by atoms with van der Waals surface area (Å²) in [6, 6.07) is 11.1. The number of para-hydroxylation sites is 1. The fourth-order valence-electron chi connectivity index (χ4n) is 1.88. The standard InChI is InChI=1S/C14H16BrNO2S2/c1-3-20(17,18)13-7-5-4-6-11(13)16-10(2)12-8-9-14(15)19-12/h4-10,16H,3H2,1-2H3. The Morgan fingerprint density at radius 1 is 1.25 bits per heavy atom. The normalized spacial score (nSPS) is 13.2. The Bertz CT molecular complexity index is 695. The quantitative estimate of drug-likeness (QED) is 0.840. The Labute approximate surface area is 132 Å². The first-order valence-corrected chi connectivity index (χ1v) is 9.53. The Morgan fingerprint density at radius 2 is 1.95 bits per heavy atom. The number of anilines is 1. The second-order valence-corrected chi connectivity index (χ2v) is 9.15. The second-order valence-electron chi connectivity index (χ2n) is 4.41. The molecule has 0 aliphatic heterocycles. The number of hydrogen-bond acceptors (Lipinski definition) is 4. The van der Waals surface area contributed by atoms with E-state index >= 15 is 0 Å². The molecule has 1 aromatic heterocycles. The monoisotopic (exact) mass is 373 g/mol. The van der Waals surface area contributed by atoms with Gasteiger partial charge in [-0.1, -0.05) is 19.1 Å². The van der Waals surface area contributed by atoms with Crippen molar-refractivity contribution in [1.82, 2.24) is 0 Å². The Morgan fingerprint density at radius 3 is 2.55 bits per heavy atom. The first-order chi connectivity index (χ1) is 9.44. The van der Waals surface area contributed by atoms with E-state index in [0.29, 0.717) is 10.6 Å². The molecule has 0 fully saturated rings. The zero-order valence-corrected chi connectivity index (χ0v) is 14.5. The van der Waals surface area contributed by atoms with Crippen molar-refractivity contribution in [2.24, 2.45) is 0 Å². The number of thiophene rings is 1. The Kier molecular flexibility index (Phi) is 4.88. The van der Waals surface area contributed by atoms with Gasteiger partial charge < -0.3 is 5.32 Å². The minimum atomic E-state index is -3.22. The molecule has 1 unspecified atom stereocenters. The van der Waals surface area contributed by atoms with Crippen LogP contribution in [0.25, 0.3) is 0 Å². The molecule has 1 atom stereocenters. The summed E-state index contributed by atoms with van der Waals surface area (Å²) in [5.41, 5.74) is 0.659. The van der Waals surface area contributed by atoms with Crippen LogP contribution in [0.3, 0.4) is 0 Å². The van der Waals surface area contributed by atoms with Gasteiger partial charge in [-0.2, -0.15) is 0 Å². The van der Waals surface area contributed by atoms with Crippen LogP contribution in [-0.4, -0.2) is 14.2 Å². The van der Waals surface area contributed by atoms with E-state index < -0.39 is 9.84 Å². The van der Waals surface area contributed by atoms with Crippen molar-refractivity contribution in [3.05, 3.63) is 45.1 Å². The third-order valence-electron chi connectivity index (χ3n) is 2.99. The van der Waals surface area contributed by atoms with Crippen molar-refractivity contribution in [3.63, 3.8) is 0 Å². The highest BCUT2D eigenvalue weighted by atomic mass is 79.9. The lowest BCUT2D eigenvalue weighted by Crippen LogP contribution is -2.11. The third kappa shape index (κ3) is 3.42. The molecule has 1 heterocycles. The number of nitrogens with one attached hydrogen (secondary N) is 1. The van der Waals surface area contributed by atoms with E-state index in [-0.39, 0.29) is 11.8 Å². The average Bonchev–Trinajstić information content (AvgIpc) is 2.86. The molecule has 0 aliphatic carbocycles. The largest absolute Gasteiger partial charge is 0.377 e. The van der Waals surface area contributed by atoms with Gasteiger partial charge in [-0.15, -0.1) is 11.3 Å². The number of halogens is 1. The number of sulfone groups is 1. The van der Waals surface area contributed by atoms with Crippen molar-refractivity contribution in [2.75, 3.05) is 11.1 Å². The molecular weight excluding hydrogens is 358 g/mol. The molecule has 0 bridgehead atoms. The van der Waals surface area contributed by atoms with Gasteiger partial charge in [0.25, 0.3) is 0 Å². The van der Waals surface area contributed by atoms with Gasteiger partial charge in [0.05, 0.1) is 26.2 Å². The summed E-state index contributed by atoms with van der Waals surface area (Å²) in [5.74, 6) is 0.102. The van der Waals surface area contributed by atoms with Crippen LogP contribution < -0.4 is 5.32 Å². The minimum Gasteiger partial charge on any atom is -0.377 e. The maximum absolute atomic E-state index is 12.1. The highest BCUT2D eigenvalue weighted by molar-refractivity contribution is 9.11. The van der Waals surface area contributed by atoms with E-state index in [9.17, 15) is 8.42 Å². The number of hydrogen-bond donors (Lipinski definition) is 1. The first kappa shape index (κ1) is 15.5. The predicted molar refractivity (Wildman–Crippen MR) is 88.2 cm³/mol. The molecule has 3 nitrogen and oxygen atoms in total. The molecule has 20 heavy (non-hydrogen) atoms. The van der Waals surface area contributed by atoms with Crippen LogP contribution >= 0.6 is 27.3 Å². The molecule has 1 aromatic carbocycles. The Hall–Kier alpha value is -0.850. The van der Waals surface area contributed by atoms with Gasteiger partial charge in [0.15, 0.2) is 9.84 Å². The van der Waals surface area contributed by atoms with Crippen LogP contribution in [0.4, 0.5) is 5.69 Å². The van der Waals surface area contributed by atoms with E-state index in [1.807, 2.05) is 31.2 Å². The minimum absolute atomic E-state index is 0.0551. The van der Waals surface area contributed by atoms with Gasteiger partial charge >= 0.3 is 0 Å². The van der Waals surface area contributed by atoms with E-state index in [1.54, 1.807) is 30.4 Å². The number of benzene rings is 1. The smallest absolute Gasteiger partial charge is 0.180 e. The van der Waals surface area contributed by atoms with E-state index in [2.05, 4.69) is 21.2 Å². The lowest BCUT2D eigenvalue weighted by atomic mass is 10.2. The van der Waals surface area contributed by atoms with E-state index in [1.165, 1.54) is 0 Å². The summed E-state index contributed by atoms with van der Waals surface area (Å²) in [4.78, 5) is 1.52. The highest BCUT2D eigenvalue weighted by Crippen LogP contribution is 2.31. The maximum atomic E-state index is 12.1. The Balaban J connectivity index is 2.30. The van der Waals surface area contributed by atoms with E-state index in [0.717, 1.165) is 8.66 Å². The molecule has 0 aliphatic rings. The highest BCUT2D eigenvalue weighted by Gasteiger charge is 2.18. The van der Waals surface area contributed by atoms with Crippen LogP contribution in [0.1, 0.15) is 24.8 Å². The molecule has 0 saturated carbocycles. The molecule has 1 N–H and O–H groups in total. The zero-order chi connectivity index (χ0) is 14.8. The summed E-state index contributed by atoms with van der Waals surface area (Å²) >= 11 is 5.08. The van der Waals surface area contributed by atoms with Gasteiger partial charge in [0.1, 0.15) is 0 Å². The lowest BCUT2D eigenvalue weighted by molar-refractivity contribution is 0.597. The molecule has 108 valence electrons. The van der Waals surface area contributed by atoms with Crippen LogP contribution in [-0.2, 0) is 9.84 Å².